The molecule has 2 radical (unpaired) electrons. The summed E-state index contributed by atoms with van der Waals surface area (Å²) in [6, 6.07) is 0. The van der Waals surface area contributed by atoms with Crippen LogP contribution in [0.5, 0.6) is 0 Å². The van der Waals surface area contributed by atoms with E-state index in [1.54, 1.807) is 0 Å². The van der Waals surface area contributed by atoms with Gasteiger partial charge in [0, 0.05) is 0 Å². The van der Waals surface area contributed by atoms with Gasteiger partial charge < -0.3 is 0 Å². The molecule has 0 unspecified atom stereocenters. The van der Waals surface area contributed by atoms with Gasteiger partial charge in [-0.15, -0.1) is 0 Å². The van der Waals surface area contributed by atoms with Crippen molar-refractivity contribution in [3.63, 3.8) is 0 Å². The van der Waals surface area contributed by atoms with Gasteiger partial charge in [0.2, 0.25) is 0 Å². The van der Waals surface area contributed by atoms with Gasteiger partial charge in [-0.1, -0.05) is 0 Å². The summed E-state index contributed by atoms with van der Waals surface area (Å²) < 4.78 is 0. The third kappa shape index (κ3) is 8.30. The van der Waals surface area contributed by atoms with Gasteiger partial charge in [-0.25, -0.2) is 0 Å². The Bertz CT molecular complexity index is 67.0. The predicted molar refractivity (Wildman–Crippen MR) is 43.7 cm³/mol. The van der Waals surface area contributed by atoms with Crippen LogP contribution >= 0.6 is 0 Å². The molecule has 0 amide bonds. The van der Waals surface area contributed by atoms with E-state index >= 15 is 0 Å². The Morgan fingerprint density at radius 1 is 1.22 bits per heavy atom. The van der Waals surface area contributed by atoms with E-state index in [2.05, 4.69) is 34.7 Å². The monoisotopic (exact) mass is 186 g/mol. The van der Waals surface area contributed by atoms with Crippen molar-refractivity contribution in [2.75, 3.05) is 0 Å². The van der Waals surface area contributed by atoms with Gasteiger partial charge in [0.1, 0.15) is 0 Å². The maximum absolute atomic E-state index is 2.47. The van der Waals surface area contributed by atoms with Gasteiger partial charge >= 0.3 is 66.8 Å². The quantitative estimate of drug-likeness (QED) is 0.457. The molecule has 1 heteroatoms. The molecule has 0 saturated carbocycles. The SMILES string of the molecule is CCCCCCC=C[As]. The van der Waals surface area contributed by atoms with Crippen molar-refractivity contribution in [1.82, 2.24) is 0 Å². The van der Waals surface area contributed by atoms with Crippen LogP contribution < -0.4 is 0 Å². The second-order valence-corrected chi connectivity index (χ2v) is 2.86. The van der Waals surface area contributed by atoms with Gasteiger partial charge in [-0.3, -0.25) is 0 Å². The number of allylic oxidation sites excluding steroid dienone is 1. The summed E-state index contributed by atoms with van der Waals surface area (Å²) in [5.74, 6) is 0. The van der Waals surface area contributed by atoms with Gasteiger partial charge in [0.15, 0.2) is 0 Å². The zero-order valence-corrected chi connectivity index (χ0v) is 8.01. The Hall–Kier alpha value is 0.298. The Morgan fingerprint density at radius 2 is 2.00 bits per heavy atom. The zero-order valence-electron chi connectivity index (χ0n) is 6.14. The predicted octanol–water partition coefficient (Wildman–Crippen LogP) is 2.64. The molecule has 0 bridgehead atoms. The van der Waals surface area contributed by atoms with Crippen LogP contribution in [0, 0.1) is 0 Å². The first-order valence-electron chi connectivity index (χ1n) is 3.71. The fourth-order valence-electron chi connectivity index (χ4n) is 0.764. The van der Waals surface area contributed by atoms with Crippen molar-refractivity contribution < 1.29 is 0 Å². The Balaban J connectivity index is 2.75. The number of rotatable bonds is 5. The molecule has 0 rings (SSSR count). The summed E-state index contributed by atoms with van der Waals surface area (Å²) in [5.41, 5.74) is 0. The van der Waals surface area contributed by atoms with Crippen molar-refractivity contribution in [3.05, 3.63) is 10.9 Å². The van der Waals surface area contributed by atoms with Crippen LogP contribution in [0.4, 0.5) is 0 Å². The summed E-state index contributed by atoms with van der Waals surface area (Å²) in [7, 11) is 0. The van der Waals surface area contributed by atoms with Crippen LogP contribution in [-0.4, -0.2) is 16.9 Å². The first-order valence-corrected chi connectivity index (χ1v) is 4.79. The van der Waals surface area contributed by atoms with Crippen LogP contribution in [0.3, 0.4) is 0 Å². The molecular weight excluding hydrogens is 171 g/mol. The Labute approximate surface area is 67.2 Å². The number of hydrogen-bond acceptors (Lipinski definition) is 0. The molecule has 0 aliphatic rings. The summed E-state index contributed by atoms with van der Waals surface area (Å²) >= 11 is 2.47. The van der Waals surface area contributed by atoms with Crippen molar-refractivity contribution in [2.24, 2.45) is 0 Å². The summed E-state index contributed by atoms with van der Waals surface area (Å²) in [4.78, 5) is 2.07. The first kappa shape index (κ1) is 9.30. The molecule has 0 aromatic rings. The van der Waals surface area contributed by atoms with Gasteiger partial charge in [0.05, 0.1) is 0 Å². The normalized spacial score (nSPS) is 10.9. The molecule has 0 atom stereocenters. The van der Waals surface area contributed by atoms with E-state index in [9.17, 15) is 0 Å². The van der Waals surface area contributed by atoms with Crippen molar-refractivity contribution in [3.8, 4) is 0 Å². The molecule has 9 heavy (non-hydrogen) atoms. The molecule has 0 N–H and O–H groups in total. The average molecular weight is 186 g/mol. The van der Waals surface area contributed by atoms with Crippen LogP contribution in [0.15, 0.2) is 10.9 Å². The minimum absolute atomic E-state index is 1.26. The molecular formula is C8H15As. The van der Waals surface area contributed by atoms with Crippen molar-refractivity contribution in [1.29, 1.82) is 0 Å². The molecule has 0 aromatic heterocycles. The van der Waals surface area contributed by atoms with Crippen LogP contribution in [-0.2, 0) is 0 Å². The molecule has 0 spiro atoms. The number of hydrogen-bond donors (Lipinski definition) is 0. The molecule has 0 heterocycles. The molecule has 0 aliphatic heterocycles. The number of unbranched alkanes of at least 4 members (excludes halogenated alkanes) is 4. The fraction of sp³-hybridized carbons (Fsp3) is 0.750. The van der Waals surface area contributed by atoms with Crippen LogP contribution in [0.25, 0.3) is 0 Å². The summed E-state index contributed by atoms with van der Waals surface area (Å²) in [6.07, 6.45) is 8.97. The van der Waals surface area contributed by atoms with Crippen LogP contribution in [0.1, 0.15) is 39.0 Å². The third-order valence-electron chi connectivity index (χ3n) is 1.33. The fourth-order valence-corrected chi connectivity index (χ4v) is 1.08. The van der Waals surface area contributed by atoms with Gasteiger partial charge in [-0.05, 0) is 0 Å². The average Bonchev–Trinajstić information content (AvgIpc) is 1.89. The topological polar surface area (TPSA) is 0 Å². The molecule has 0 saturated heterocycles. The van der Waals surface area contributed by atoms with E-state index in [4.69, 9.17) is 0 Å². The molecule has 52 valence electrons. The molecule has 0 fully saturated rings. The van der Waals surface area contributed by atoms with E-state index in [0.29, 0.717) is 0 Å². The van der Waals surface area contributed by atoms with E-state index in [-0.39, 0.29) is 0 Å². The van der Waals surface area contributed by atoms with Gasteiger partial charge in [-0.2, -0.15) is 0 Å². The molecule has 0 nitrogen and oxygen atoms in total. The van der Waals surface area contributed by atoms with Crippen LogP contribution in [0.2, 0.25) is 0 Å². The Kier molecular flexibility index (Phi) is 8.57. The first-order chi connectivity index (χ1) is 4.41. The minimum atomic E-state index is 1.26. The second kappa shape index (κ2) is 8.30. The second-order valence-electron chi connectivity index (χ2n) is 2.23. The summed E-state index contributed by atoms with van der Waals surface area (Å²) in [5, 5.41) is 0. The Morgan fingerprint density at radius 3 is 2.56 bits per heavy atom. The summed E-state index contributed by atoms with van der Waals surface area (Å²) in [6.45, 7) is 2.24. The maximum atomic E-state index is 2.47. The van der Waals surface area contributed by atoms with E-state index in [1.807, 2.05) is 0 Å². The molecule has 0 aliphatic carbocycles. The standard InChI is InChI=1S/C8H15As/c1-2-3-4-5-6-7-8-9/h7-8H,2-6H2,1H3. The van der Waals surface area contributed by atoms with E-state index < -0.39 is 0 Å². The van der Waals surface area contributed by atoms with E-state index in [0.717, 1.165) is 0 Å². The van der Waals surface area contributed by atoms with Crippen molar-refractivity contribution >= 4 is 16.9 Å². The van der Waals surface area contributed by atoms with Crippen molar-refractivity contribution in [2.45, 2.75) is 39.0 Å². The molecule has 0 aromatic carbocycles. The zero-order chi connectivity index (χ0) is 6.95. The van der Waals surface area contributed by atoms with Gasteiger partial charge in [0.25, 0.3) is 0 Å². The third-order valence-corrected chi connectivity index (χ3v) is 1.77. The van der Waals surface area contributed by atoms with E-state index in [1.165, 1.54) is 32.1 Å².